The second kappa shape index (κ2) is 16.0. The van der Waals surface area contributed by atoms with Gasteiger partial charge in [0, 0.05) is 16.7 Å². The van der Waals surface area contributed by atoms with Gasteiger partial charge in [-0.15, -0.1) is 0 Å². The SMILES string of the molecule is c1ccc(-c2cccc(-c3cc(-c4ccc(-c5cccc(-c6cccc7c6C(c6ccccc6)(c6ccccc6)c6ccccc6-7)c5)c5ccccc45)nc(-c4ccccc4)n3)c2)cc1. The van der Waals surface area contributed by atoms with Gasteiger partial charge >= 0.3 is 0 Å². The van der Waals surface area contributed by atoms with Crippen molar-refractivity contribution in [1.82, 2.24) is 9.97 Å². The van der Waals surface area contributed by atoms with Crippen molar-refractivity contribution in [1.29, 1.82) is 0 Å². The molecule has 1 aliphatic carbocycles. The van der Waals surface area contributed by atoms with Gasteiger partial charge in [0.1, 0.15) is 0 Å². The molecule has 0 fully saturated rings. The Labute approximate surface area is 379 Å². The highest BCUT2D eigenvalue weighted by Gasteiger charge is 2.47. The van der Waals surface area contributed by atoms with Crippen LogP contribution in [0.2, 0.25) is 0 Å². The van der Waals surface area contributed by atoms with Gasteiger partial charge in [-0.1, -0.05) is 237 Å². The molecule has 12 rings (SSSR count). The van der Waals surface area contributed by atoms with E-state index in [9.17, 15) is 0 Å². The number of fused-ring (bicyclic) bond motifs is 4. The Bertz CT molecular complexity index is 3480. The average Bonchev–Trinajstić information content (AvgIpc) is 3.70. The van der Waals surface area contributed by atoms with Crippen LogP contribution in [-0.4, -0.2) is 9.97 Å². The minimum atomic E-state index is -0.507. The maximum Gasteiger partial charge on any atom is 0.160 e. The van der Waals surface area contributed by atoms with Crippen molar-refractivity contribution in [2.45, 2.75) is 5.41 Å². The van der Waals surface area contributed by atoms with Crippen molar-refractivity contribution < 1.29 is 0 Å². The largest absolute Gasteiger partial charge is 0.228 e. The number of nitrogens with zero attached hydrogens (tertiary/aromatic N) is 2. The topological polar surface area (TPSA) is 25.8 Å². The standard InChI is InChI=1S/C63H42N2/c1-5-20-43(21-6-1)45-24-17-27-48(40-45)59-42-60(65-62(64-59)44-22-7-2-8-23-44)56-39-38-51(53-32-13-14-33-54(53)56)46-25-18-26-47(41-46)52-35-19-36-57-55-34-15-16-37-58(55)63(61(52)57,49-28-9-3-10-29-49)50-30-11-4-12-31-50/h1-42H. The van der Waals surface area contributed by atoms with E-state index in [1.165, 1.54) is 61.0 Å². The van der Waals surface area contributed by atoms with Crippen molar-refractivity contribution in [3.8, 4) is 78.4 Å². The Balaban J connectivity index is 1.01. The summed E-state index contributed by atoms with van der Waals surface area (Å²) >= 11 is 0. The normalized spacial score (nSPS) is 12.4. The number of rotatable bonds is 8. The van der Waals surface area contributed by atoms with E-state index in [0.29, 0.717) is 5.82 Å². The summed E-state index contributed by atoms with van der Waals surface area (Å²) in [7, 11) is 0. The molecular formula is C63H42N2. The fraction of sp³-hybridized carbons (Fsp3) is 0.0159. The van der Waals surface area contributed by atoms with E-state index in [1.54, 1.807) is 0 Å². The van der Waals surface area contributed by atoms with Crippen molar-refractivity contribution in [3.63, 3.8) is 0 Å². The first kappa shape index (κ1) is 38.2. The molecule has 0 N–H and O–H groups in total. The fourth-order valence-electron chi connectivity index (χ4n) is 10.3. The van der Waals surface area contributed by atoms with Gasteiger partial charge in [0.2, 0.25) is 0 Å². The smallest absolute Gasteiger partial charge is 0.160 e. The molecule has 1 aliphatic rings. The van der Waals surface area contributed by atoms with Crippen molar-refractivity contribution in [3.05, 3.63) is 277 Å². The summed E-state index contributed by atoms with van der Waals surface area (Å²) < 4.78 is 0. The second-order valence-corrected chi connectivity index (χ2v) is 16.8. The first-order valence-corrected chi connectivity index (χ1v) is 22.3. The van der Waals surface area contributed by atoms with Crippen LogP contribution in [0.1, 0.15) is 22.3 Å². The fourth-order valence-corrected chi connectivity index (χ4v) is 10.3. The minimum Gasteiger partial charge on any atom is -0.228 e. The lowest BCUT2D eigenvalue weighted by molar-refractivity contribution is 0.770. The summed E-state index contributed by atoms with van der Waals surface area (Å²) in [6.45, 7) is 0. The molecule has 0 aliphatic heterocycles. The first-order chi connectivity index (χ1) is 32.2. The molecule has 65 heavy (non-hydrogen) atoms. The molecule has 2 nitrogen and oxygen atoms in total. The molecule has 0 radical (unpaired) electrons. The number of hydrogen-bond donors (Lipinski definition) is 0. The van der Waals surface area contributed by atoms with E-state index in [2.05, 4.69) is 237 Å². The van der Waals surface area contributed by atoms with Crippen LogP contribution in [-0.2, 0) is 5.41 Å². The van der Waals surface area contributed by atoms with Crippen molar-refractivity contribution >= 4 is 10.8 Å². The van der Waals surface area contributed by atoms with Gasteiger partial charge < -0.3 is 0 Å². The predicted molar refractivity (Wildman–Crippen MR) is 269 cm³/mol. The van der Waals surface area contributed by atoms with Crippen LogP contribution in [0.15, 0.2) is 255 Å². The molecule has 0 unspecified atom stereocenters. The molecule has 1 aromatic heterocycles. The van der Waals surface area contributed by atoms with E-state index in [4.69, 9.17) is 9.97 Å². The van der Waals surface area contributed by atoms with Gasteiger partial charge in [-0.05, 0) is 95.7 Å². The molecule has 0 saturated carbocycles. The van der Waals surface area contributed by atoms with E-state index < -0.39 is 5.41 Å². The Morgan fingerprint density at radius 2 is 0.723 bits per heavy atom. The van der Waals surface area contributed by atoms with E-state index in [1.807, 2.05) is 18.2 Å². The van der Waals surface area contributed by atoms with Gasteiger partial charge in [-0.3, -0.25) is 0 Å². The van der Waals surface area contributed by atoms with Crippen LogP contribution >= 0.6 is 0 Å². The molecule has 0 atom stereocenters. The maximum atomic E-state index is 5.29. The van der Waals surface area contributed by atoms with Crippen LogP contribution in [0.5, 0.6) is 0 Å². The molecule has 11 aromatic rings. The molecule has 0 spiro atoms. The van der Waals surface area contributed by atoms with E-state index >= 15 is 0 Å². The maximum absolute atomic E-state index is 5.29. The summed E-state index contributed by atoms with van der Waals surface area (Å²) in [6, 6.07) is 92.0. The molecule has 0 amide bonds. The van der Waals surface area contributed by atoms with Crippen molar-refractivity contribution in [2.75, 3.05) is 0 Å². The lowest BCUT2D eigenvalue weighted by atomic mass is 9.66. The van der Waals surface area contributed by atoms with Crippen LogP contribution < -0.4 is 0 Å². The van der Waals surface area contributed by atoms with Gasteiger partial charge in [-0.2, -0.15) is 0 Å². The lowest BCUT2D eigenvalue weighted by Gasteiger charge is -2.35. The summed E-state index contributed by atoms with van der Waals surface area (Å²) in [4.78, 5) is 10.5. The second-order valence-electron chi connectivity index (χ2n) is 16.8. The molecule has 0 bridgehead atoms. The Morgan fingerprint density at radius 3 is 1.43 bits per heavy atom. The lowest BCUT2D eigenvalue weighted by Crippen LogP contribution is -2.29. The highest BCUT2D eigenvalue weighted by molar-refractivity contribution is 6.05. The van der Waals surface area contributed by atoms with E-state index in [0.717, 1.165) is 44.6 Å². The van der Waals surface area contributed by atoms with Crippen LogP contribution in [0.3, 0.4) is 0 Å². The molecule has 2 heteroatoms. The molecular weight excluding hydrogens is 785 g/mol. The molecule has 10 aromatic carbocycles. The highest BCUT2D eigenvalue weighted by Crippen LogP contribution is 2.58. The third kappa shape index (κ3) is 6.50. The van der Waals surface area contributed by atoms with E-state index in [-0.39, 0.29) is 0 Å². The van der Waals surface area contributed by atoms with Crippen LogP contribution in [0, 0.1) is 0 Å². The molecule has 304 valence electrons. The third-order valence-electron chi connectivity index (χ3n) is 13.2. The molecule has 1 heterocycles. The predicted octanol–water partition coefficient (Wildman–Crippen LogP) is 16.0. The van der Waals surface area contributed by atoms with Gasteiger partial charge in [0.25, 0.3) is 0 Å². The zero-order chi connectivity index (χ0) is 43.2. The van der Waals surface area contributed by atoms with Gasteiger partial charge in [0.05, 0.1) is 16.8 Å². The minimum absolute atomic E-state index is 0.507. The van der Waals surface area contributed by atoms with Crippen LogP contribution in [0.4, 0.5) is 0 Å². The van der Waals surface area contributed by atoms with Crippen molar-refractivity contribution in [2.24, 2.45) is 0 Å². The number of hydrogen-bond acceptors (Lipinski definition) is 2. The summed E-state index contributed by atoms with van der Waals surface area (Å²) in [5.41, 5.74) is 19.1. The Kier molecular flexibility index (Phi) is 9.43. The first-order valence-electron chi connectivity index (χ1n) is 22.3. The highest BCUT2D eigenvalue weighted by atomic mass is 14.9. The van der Waals surface area contributed by atoms with Crippen LogP contribution in [0.25, 0.3) is 89.2 Å². The monoisotopic (exact) mass is 826 g/mol. The van der Waals surface area contributed by atoms with Gasteiger partial charge in [0.15, 0.2) is 5.82 Å². The summed E-state index contributed by atoms with van der Waals surface area (Å²) in [6.07, 6.45) is 0. The zero-order valence-corrected chi connectivity index (χ0v) is 35.6. The Hall–Kier alpha value is -8.46. The summed E-state index contributed by atoms with van der Waals surface area (Å²) in [5, 5.41) is 2.31. The zero-order valence-electron chi connectivity index (χ0n) is 35.6. The Morgan fingerprint density at radius 1 is 0.262 bits per heavy atom. The number of aromatic nitrogens is 2. The summed E-state index contributed by atoms with van der Waals surface area (Å²) in [5.74, 6) is 0.698. The van der Waals surface area contributed by atoms with Gasteiger partial charge in [-0.25, -0.2) is 9.97 Å². The third-order valence-corrected chi connectivity index (χ3v) is 13.2. The number of benzene rings is 10. The molecule has 0 saturated heterocycles. The quantitative estimate of drug-likeness (QED) is 0.152. The average molecular weight is 827 g/mol.